The van der Waals surface area contributed by atoms with Gasteiger partial charge in [0.25, 0.3) is 10.0 Å². The molecule has 0 aliphatic carbocycles. The van der Waals surface area contributed by atoms with Crippen LogP contribution in [0.1, 0.15) is 38.8 Å². The average Bonchev–Trinajstić information content (AvgIpc) is 2.93. The number of hydrogen-bond donors (Lipinski definition) is 1. The molecule has 3 aromatic carbocycles. The Kier molecular flexibility index (Phi) is 9.93. The molecule has 1 N–H and O–H groups in total. The molecule has 0 saturated heterocycles. The maximum Gasteiger partial charge on any atom is 0.416 e. The van der Waals surface area contributed by atoms with Gasteiger partial charge in [-0.3, -0.25) is 13.9 Å². The van der Waals surface area contributed by atoms with Crippen molar-refractivity contribution in [2.75, 3.05) is 18.0 Å². The Morgan fingerprint density at radius 3 is 2.17 bits per heavy atom. The largest absolute Gasteiger partial charge is 0.497 e. The normalized spacial score (nSPS) is 12.8. The Morgan fingerprint density at radius 1 is 0.929 bits per heavy atom. The van der Waals surface area contributed by atoms with Crippen LogP contribution in [0, 0.1) is 0 Å². The minimum atomic E-state index is -4.75. The van der Waals surface area contributed by atoms with Gasteiger partial charge in [-0.25, -0.2) is 8.42 Å². The highest BCUT2D eigenvalue weighted by Gasteiger charge is 2.35. The fraction of sp³-hybridized carbons (Fsp3) is 0.333. The number of sulfonamides is 1. The second-order valence-corrected chi connectivity index (χ2v) is 12.5. The van der Waals surface area contributed by atoms with Crippen molar-refractivity contribution in [3.05, 3.63) is 90.0 Å². The molecule has 0 fully saturated rings. The summed E-state index contributed by atoms with van der Waals surface area (Å²) in [6.07, 6.45) is -4.75. The zero-order valence-corrected chi connectivity index (χ0v) is 24.8. The number of rotatable bonds is 10. The quantitative estimate of drug-likeness (QED) is 0.341. The zero-order chi connectivity index (χ0) is 31.3. The van der Waals surface area contributed by atoms with E-state index in [1.54, 1.807) is 51.1 Å². The van der Waals surface area contributed by atoms with Crippen LogP contribution >= 0.6 is 0 Å². The predicted octanol–water partition coefficient (Wildman–Crippen LogP) is 5.24. The molecule has 8 nitrogen and oxygen atoms in total. The number of alkyl halides is 3. The number of methoxy groups -OCH3 is 1. The summed E-state index contributed by atoms with van der Waals surface area (Å²) in [6.45, 7) is 5.85. The summed E-state index contributed by atoms with van der Waals surface area (Å²) in [5.41, 5.74) is -1.46. The monoisotopic (exact) mass is 605 g/mol. The Hall–Kier alpha value is -4.06. The highest BCUT2D eigenvalue weighted by atomic mass is 32.2. The number of carbonyl (C=O) groups excluding carboxylic acids is 2. The number of halogens is 3. The molecule has 0 heterocycles. The molecule has 3 aromatic rings. The average molecular weight is 606 g/mol. The van der Waals surface area contributed by atoms with E-state index in [9.17, 15) is 31.2 Å². The van der Waals surface area contributed by atoms with Gasteiger partial charge in [0.15, 0.2) is 0 Å². The van der Waals surface area contributed by atoms with Crippen molar-refractivity contribution < 1.29 is 35.9 Å². The van der Waals surface area contributed by atoms with Crippen LogP contribution < -0.4 is 14.4 Å². The number of nitrogens with zero attached hydrogens (tertiary/aromatic N) is 2. The number of hydrogen-bond acceptors (Lipinski definition) is 5. The summed E-state index contributed by atoms with van der Waals surface area (Å²) in [4.78, 5) is 28.1. The van der Waals surface area contributed by atoms with Gasteiger partial charge in [0, 0.05) is 12.1 Å². The van der Waals surface area contributed by atoms with Gasteiger partial charge < -0.3 is 15.0 Å². The van der Waals surface area contributed by atoms with Crippen molar-refractivity contribution in [2.24, 2.45) is 0 Å². The third-order valence-corrected chi connectivity index (χ3v) is 8.01. The van der Waals surface area contributed by atoms with Gasteiger partial charge in [0.2, 0.25) is 11.8 Å². The Labute approximate surface area is 244 Å². The molecule has 0 bridgehead atoms. The van der Waals surface area contributed by atoms with Gasteiger partial charge >= 0.3 is 6.18 Å². The second-order valence-electron chi connectivity index (χ2n) is 10.7. The Bertz CT molecular complexity index is 1510. The zero-order valence-electron chi connectivity index (χ0n) is 24.0. The van der Waals surface area contributed by atoms with Gasteiger partial charge in [-0.05, 0) is 75.7 Å². The van der Waals surface area contributed by atoms with Crippen LogP contribution in [0.2, 0.25) is 0 Å². The third-order valence-electron chi connectivity index (χ3n) is 6.22. The topological polar surface area (TPSA) is 96.0 Å². The molecule has 42 heavy (non-hydrogen) atoms. The number of anilines is 1. The van der Waals surface area contributed by atoms with Crippen molar-refractivity contribution in [2.45, 2.75) is 56.9 Å². The van der Waals surface area contributed by atoms with Crippen LogP contribution in [0.15, 0.2) is 83.8 Å². The third kappa shape index (κ3) is 8.25. The molecule has 0 spiro atoms. The first-order valence-corrected chi connectivity index (χ1v) is 14.5. The highest BCUT2D eigenvalue weighted by molar-refractivity contribution is 7.92. The molecular formula is C30H34F3N3O5S. The van der Waals surface area contributed by atoms with E-state index in [2.05, 4.69) is 5.32 Å². The van der Waals surface area contributed by atoms with Gasteiger partial charge in [-0.15, -0.1) is 0 Å². The van der Waals surface area contributed by atoms with Crippen molar-refractivity contribution in [3.8, 4) is 5.75 Å². The van der Waals surface area contributed by atoms with E-state index in [0.717, 1.165) is 12.1 Å². The first-order chi connectivity index (χ1) is 19.5. The standard InChI is InChI=1S/C30H34F3N3O5S/c1-21(28(38)34-29(2,3)4)35(19-22-11-9-14-25(17-22)41-5)27(37)20-36(42(39,40)26-15-7-6-8-16-26)24-13-10-12-23(18-24)30(31,32)33/h6-18,21H,19-20H2,1-5H3,(H,34,38). The summed E-state index contributed by atoms with van der Waals surface area (Å²) in [7, 11) is -3.03. The minimum Gasteiger partial charge on any atom is -0.497 e. The van der Waals surface area contributed by atoms with E-state index in [1.807, 2.05) is 0 Å². The smallest absolute Gasteiger partial charge is 0.416 e. The molecule has 3 rings (SSSR count). The van der Waals surface area contributed by atoms with Crippen molar-refractivity contribution in [1.82, 2.24) is 10.2 Å². The molecule has 0 aliphatic rings. The lowest BCUT2D eigenvalue weighted by atomic mass is 10.1. The minimum absolute atomic E-state index is 0.101. The van der Waals surface area contributed by atoms with Gasteiger partial charge in [-0.1, -0.05) is 36.4 Å². The summed E-state index contributed by atoms with van der Waals surface area (Å²) >= 11 is 0. The highest BCUT2D eigenvalue weighted by Crippen LogP contribution is 2.33. The number of carbonyl (C=O) groups is 2. The van der Waals surface area contributed by atoms with Gasteiger partial charge in [-0.2, -0.15) is 13.2 Å². The first-order valence-electron chi connectivity index (χ1n) is 13.0. The van der Waals surface area contributed by atoms with Crippen molar-refractivity contribution in [3.63, 3.8) is 0 Å². The molecule has 0 aliphatic heterocycles. The van der Waals surface area contributed by atoms with E-state index in [1.165, 1.54) is 49.3 Å². The lowest BCUT2D eigenvalue weighted by Gasteiger charge is -2.33. The molecule has 2 amide bonds. The Morgan fingerprint density at radius 2 is 1.57 bits per heavy atom. The maximum absolute atomic E-state index is 13.9. The number of benzene rings is 3. The lowest BCUT2D eigenvalue weighted by Crippen LogP contribution is -2.54. The SMILES string of the molecule is COc1cccc(CN(C(=O)CN(c2cccc(C(F)(F)F)c2)S(=O)(=O)c2ccccc2)C(C)C(=O)NC(C)(C)C)c1. The van der Waals surface area contributed by atoms with E-state index in [-0.39, 0.29) is 17.1 Å². The number of ether oxygens (including phenoxy) is 1. The molecule has 0 saturated carbocycles. The van der Waals surface area contributed by atoms with Gasteiger partial charge in [0.05, 0.1) is 23.3 Å². The van der Waals surface area contributed by atoms with Crippen LogP contribution in [0.3, 0.4) is 0 Å². The summed E-state index contributed by atoms with van der Waals surface area (Å²) < 4.78 is 74.2. The van der Waals surface area contributed by atoms with Crippen LogP contribution in [-0.4, -0.2) is 50.4 Å². The van der Waals surface area contributed by atoms with E-state index in [4.69, 9.17) is 4.74 Å². The molecule has 1 unspecified atom stereocenters. The van der Waals surface area contributed by atoms with Crippen LogP contribution in [-0.2, 0) is 32.3 Å². The predicted molar refractivity (Wildman–Crippen MR) is 153 cm³/mol. The van der Waals surface area contributed by atoms with E-state index >= 15 is 0 Å². The molecular weight excluding hydrogens is 571 g/mol. The fourth-order valence-corrected chi connectivity index (χ4v) is 5.54. The summed E-state index contributed by atoms with van der Waals surface area (Å²) in [6, 6.07) is 16.6. The van der Waals surface area contributed by atoms with Crippen molar-refractivity contribution >= 4 is 27.5 Å². The number of nitrogens with one attached hydrogen (secondary N) is 1. The number of amides is 2. The second kappa shape index (κ2) is 12.8. The van der Waals surface area contributed by atoms with Crippen LogP contribution in [0.5, 0.6) is 5.75 Å². The molecule has 0 aromatic heterocycles. The van der Waals surface area contributed by atoms with Crippen molar-refractivity contribution in [1.29, 1.82) is 0 Å². The van der Waals surface area contributed by atoms with Crippen LogP contribution in [0.4, 0.5) is 18.9 Å². The summed E-state index contributed by atoms with van der Waals surface area (Å²) in [5.74, 6) is -0.787. The molecule has 0 radical (unpaired) electrons. The van der Waals surface area contributed by atoms with E-state index in [0.29, 0.717) is 21.7 Å². The Balaban J connectivity index is 2.09. The molecule has 12 heteroatoms. The molecule has 1 atom stereocenters. The first kappa shape index (κ1) is 32.5. The van der Waals surface area contributed by atoms with Gasteiger partial charge in [0.1, 0.15) is 18.3 Å². The fourth-order valence-electron chi connectivity index (χ4n) is 4.11. The van der Waals surface area contributed by atoms with E-state index < -0.39 is 51.7 Å². The van der Waals surface area contributed by atoms with Crippen LogP contribution in [0.25, 0.3) is 0 Å². The molecule has 226 valence electrons. The summed E-state index contributed by atoms with van der Waals surface area (Å²) in [5, 5.41) is 2.81. The maximum atomic E-state index is 13.9. The lowest BCUT2D eigenvalue weighted by molar-refractivity contribution is -0.140.